The van der Waals surface area contributed by atoms with Gasteiger partial charge < -0.3 is 10.3 Å². The highest BCUT2D eigenvalue weighted by Crippen LogP contribution is 2.29. The Morgan fingerprint density at radius 1 is 1.56 bits per heavy atom. The van der Waals surface area contributed by atoms with Crippen LogP contribution in [0.4, 0.5) is 10.3 Å². The summed E-state index contributed by atoms with van der Waals surface area (Å²) in [6.45, 7) is 0.830. The highest BCUT2D eigenvalue weighted by molar-refractivity contribution is 9.10. The molecule has 1 fully saturated rings. The second kappa shape index (κ2) is 4.74. The Kier molecular flexibility index (Phi) is 3.23. The van der Waals surface area contributed by atoms with Crippen LogP contribution in [0.25, 0.3) is 11.0 Å². The van der Waals surface area contributed by atoms with E-state index in [1.807, 2.05) is 16.3 Å². The number of nitrogens with zero attached hydrogens (tertiary/aromatic N) is 2. The van der Waals surface area contributed by atoms with Gasteiger partial charge >= 0.3 is 0 Å². The summed E-state index contributed by atoms with van der Waals surface area (Å²) < 4.78 is 16.0. The predicted octanol–water partition coefficient (Wildman–Crippen LogP) is 3.27. The van der Waals surface area contributed by atoms with Crippen LogP contribution >= 0.6 is 27.7 Å². The Balaban J connectivity index is 2.04. The minimum absolute atomic E-state index is 0.274. The lowest BCUT2D eigenvalue weighted by Crippen LogP contribution is -2.12. The Bertz CT molecular complexity index is 593. The fraction of sp³-hybridized carbons (Fsp3) is 0.417. The van der Waals surface area contributed by atoms with Crippen molar-refractivity contribution in [3.8, 4) is 0 Å². The minimum Gasteiger partial charge on any atom is -0.369 e. The molecule has 2 heterocycles. The number of benzene rings is 1. The summed E-state index contributed by atoms with van der Waals surface area (Å²) in [4.78, 5) is 4.29. The van der Waals surface area contributed by atoms with Crippen molar-refractivity contribution in [3.05, 3.63) is 22.4 Å². The molecule has 18 heavy (non-hydrogen) atoms. The van der Waals surface area contributed by atoms with E-state index in [2.05, 4.69) is 20.9 Å². The molecule has 0 bridgehead atoms. The van der Waals surface area contributed by atoms with Gasteiger partial charge in [0, 0.05) is 12.6 Å². The van der Waals surface area contributed by atoms with Gasteiger partial charge in [-0.05, 0) is 45.8 Å². The van der Waals surface area contributed by atoms with E-state index >= 15 is 0 Å². The average Bonchev–Trinajstić information content (AvgIpc) is 2.92. The molecule has 1 atom stereocenters. The molecule has 3 nitrogen and oxygen atoms in total. The first-order valence-electron chi connectivity index (χ1n) is 5.83. The number of halogens is 2. The molecule has 1 aromatic carbocycles. The lowest BCUT2D eigenvalue weighted by molar-refractivity contribution is 0.504. The molecule has 1 aliphatic rings. The van der Waals surface area contributed by atoms with Crippen molar-refractivity contribution in [1.82, 2.24) is 9.55 Å². The van der Waals surface area contributed by atoms with Crippen molar-refractivity contribution in [2.75, 3.05) is 17.2 Å². The molecule has 1 unspecified atom stereocenters. The van der Waals surface area contributed by atoms with Gasteiger partial charge in [-0.25, -0.2) is 9.37 Å². The summed E-state index contributed by atoms with van der Waals surface area (Å²) >= 11 is 5.13. The first-order chi connectivity index (χ1) is 8.65. The number of imidazole rings is 1. The van der Waals surface area contributed by atoms with Crippen LogP contribution in [-0.4, -0.2) is 21.1 Å². The third-order valence-corrected chi connectivity index (χ3v) is 5.12. The lowest BCUT2D eigenvalue weighted by Gasteiger charge is -2.11. The first kappa shape index (κ1) is 12.3. The largest absolute Gasteiger partial charge is 0.369 e. The van der Waals surface area contributed by atoms with Crippen LogP contribution in [0, 0.1) is 11.7 Å². The highest BCUT2D eigenvalue weighted by Gasteiger charge is 2.19. The van der Waals surface area contributed by atoms with E-state index in [9.17, 15) is 4.39 Å². The number of nitrogens with two attached hydrogens (primary N) is 1. The maximum Gasteiger partial charge on any atom is 0.201 e. The molecule has 96 valence electrons. The number of thioether (sulfide) groups is 1. The topological polar surface area (TPSA) is 43.8 Å². The minimum atomic E-state index is -0.274. The van der Waals surface area contributed by atoms with Crippen molar-refractivity contribution in [1.29, 1.82) is 0 Å². The molecule has 1 aliphatic heterocycles. The van der Waals surface area contributed by atoms with Crippen molar-refractivity contribution in [2.45, 2.75) is 13.0 Å². The summed E-state index contributed by atoms with van der Waals surface area (Å²) in [5.74, 6) is 3.17. The van der Waals surface area contributed by atoms with E-state index in [-0.39, 0.29) is 5.82 Å². The van der Waals surface area contributed by atoms with Gasteiger partial charge in [0.2, 0.25) is 5.95 Å². The van der Waals surface area contributed by atoms with Crippen LogP contribution in [0.5, 0.6) is 0 Å². The van der Waals surface area contributed by atoms with Crippen LogP contribution in [0.15, 0.2) is 16.6 Å². The Morgan fingerprint density at radius 3 is 3.11 bits per heavy atom. The molecule has 2 N–H and O–H groups in total. The molecular weight excluding hydrogens is 317 g/mol. The zero-order valence-electron chi connectivity index (χ0n) is 9.70. The van der Waals surface area contributed by atoms with Crippen LogP contribution in [0.1, 0.15) is 6.42 Å². The van der Waals surface area contributed by atoms with Crippen LogP contribution < -0.4 is 5.73 Å². The second-order valence-electron chi connectivity index (χ2n) is 4.57. The molecule has 1 aromatic heterocycles. The second-order valence-corrected chi connectivity index (χ2v) is 6.57. The van der Waals surface area contributed by atoms with Gasteiger partial charge in [0.05, 0.1) is 15.5 Å². The number of aromatic nitrogens is 2. The molecule has 0 spiro atoms. The van der Waals surface area contributed by atoms with E-state index < -0.39 is 0 Å². The molecule has 0 aliphatic carbocycles. The summed E-state index contributed by atoms with van der Waals surface area (Å²) in [6.07, 6.45) is 1.20. The van der Waals surface area contributed by atoms with Gasteiger partial charge in [0.1, 0.15) is 5.82 Å². The predicted molar refractivity (Wildman–Crippen MR) is 77.2 cm³/mol. The molecule has 6 heteroatoms. The van der Waals surface area contributed by atoms with Gasteiger partial charge in [-0.1, -0.05) is 0 Å². The summed E-state index contributed by atoms with van der Waals surface area (Å²) in [6, 6.07) is 3.19. The SMILES string of the molecule is Nc1nc2cc(Br)c(F)cc2n1CC1CCSC1. The van der Waals surface area contributed by atoms with Gasteiger partial charge in [0.15, 0.2) is 0 Å². The third-order valence-electron chi connectivity index (χ3n) is 3.28. The first-order valence-corrected chi connectivity index (χ1v) is 7.78. The Labute approximate surface area is 117 Å². The lowest BCUT2D eigenvalue weighted by atomic mass is 10.1. The third kappa shape index (κ3) is 2.12. The average molecular weight is 330 g/mol. The molecule has 1 saturated heterocycles. The van der Waals surface area contributed by atoms with Crippen molar-refractivity contribution in [3.63, 3.8) is 0 Å². The number of nitrogen functional groups attached to an aromatic ring is 1. The maximum absolute atomic E-state index is 13.6. The smallest absolute Gasteiger partial charge is 0.201 e. The van der Waals surface area contributed by atoms with Crippen LogP contribution in [-0.2, 0) is 6.54 Å². The molecule has 3 rings (SSSR count). The highest BCUT2D eigenvalue weighted by atomic mass is 79.9. The van der Waals surface area contributed by atoms with Crippen LogP contribution in [0.3, 0.4) is 0 Å². The number of hydrogen-bond donors (Lipinski definition) is 1. The normalized spacial score (nSPS) is 19.8. The standard InChI is InChI=1S/C12H13BrFN3S/c13-8-3-10-11(4-9(8)14)17(12(15)16-10)5-7-1-2-18-6-7/h3-4,7H,1-2,5-6H2,(H2,15,16). The molecule has 0 saturated carbocycles. The van der Waals surface area contributed by atoms with Crippen molar-refractivity contribution >= 4 is 44.7 Å². The zero-order chi connectivity index (χ0) is 12.7. The van der Waals surface area contributed by atoms with E-state index in [0.29, 0.717) is 16.3 Å². The van der Waals surface area contributed by atoms with Crippen molar-refractivity contribution < 1.29 is 4.39 Å². The van der Waals surface area contributed by atoms with E-state index in [4.69, 9.17) is 5.73 Å². The molecule has 0 radical (unpaired) electrons. The molecule has 0 amide bonds. The summed E-state index contributed by atoms with van der Waals surface area (Å²) in [5, 5.41) is 0. The number of hydrogen-bond acceptors (Lipinski definition) is 3. The van der Waals surface area contributed by atoms with Gasteiger partial charge in [-0.3, -0.25) is 0 Å². The quantitative estimate of drug-likeness (QED) is 0.919. The van der Waals surface area contributed by atoms with Crippen molar-refractivity contribution in [2.24, 2.45) is 5.92 Å². The fourth-order valence-corrected chi connectivity index (χ4v) is 3.92. The van der Waals surface area contributed by atoms with E-state index in [1.165, 1.54) is 18.2 Å². The Morgan fingerprint density at radius 2 is 2.39 bits per heavy atom. The zero-order valence-corrected chi connectivity index (χ0v) is 12.1. The summed E-state index contributed by atoms with van der Waals surface area (Å²) in [5.41, 5.74) is 7.46. The summed E-state index contributed by atoms with van der Waals surface area (Å²) in [7, 11) is 0. The van der Waals surface area contributed by atoms with E-state index in [1.54, 1.807) is 6.07 Å². The fourth-order valence-electron chi connectivity index (χ4n) is 2.32. The van der Waals surface area contributed by atoms with Gasteiger partial charge in [0.25, 0.3) is 0 Å². The number of fused-ring (bicyclic) bond motifs is 1. The Hall–Kier alpha value is -0.750. The monoisotopic (exact) mass is 329 g/mol. The van der Waals surface area contributed by atoms with Gasteiger partial charge in [-0.2, -0.15) is 11.8 Å². The van der Waals surface area contributed by atoms with E-state index in [0.717, 1.165) is 23.3 Å². The molecule has 2 aromatic rings. The van der Waals surface area contributed by atoms with Gasteiger partial charge in [-0.15, -0.1) is 0 Å². The van der Waals surface area contributed by atoms with Crippen LogP contribution in [0.2, 0.25) is 0 Å². The number of anilines is 1. The maximum atomic E-state index is 13.6. The molecular formula is C12H13BrFN3S. The number of rotatable bonds is 2.